The van der Waals surface area contributed by atoms with E-state index in [0.29, 0.717) is 12.1 Å². The molecule has 0 saturated heterocycles. The fraction of sp³-hybridized carbons (Fsp3) is 0.538. The Morgan fingerprint density at radius 1 is 1.40 bits per heavy atom. The average molecular weight is 204 g/mol. The summed E-state index contributed by atoms with van der Waals surface area (Å²) in [5, 5.41) is 7.06. The average Bonchev–Trinajstić information content (AvgIpc) is 2.26. The first kappa shape index (κ1) is 10.7. The summed E-state index contributed by atoms with van der Waals surface area (Å²) in [6.07, 6.45) is 1.16. The van der Waals surface area contributed by atoms with E-state index >= 15 is 0 Å². The molecule has 15 heavy (non-hydrogen) atoms. The van der Waals surface area contributed by atoms with Crippen molar-refractivity contribution in [2.45, 2.75) is 32.4 Å². The summed E-state index contributed by atoms with van der Waals surface area (Å²) >= 11 is 0. The smallest absolute Gasteiger partial charge is 0.0449 e. The van der Waals surface area contributed by atoms with Crippen LogP contribution in [0.2, 0.25) is 0 Å². The topological polar surface area (TPSA) is 24.1 Å². The van der Waals surface area contributed by atoms with Gasteiger partial charge in [-0.25, -0.2) is 0 Å². The van der Waals surface area contributed by atoms with Gasteiger partial charge in [0.2, 0.25) is 0 Å². The molecule has 82 valence electrons. The number of hydrogen-bond acceptors (Lipinski definition) is 2. The molecular weight excluding hydrogens is 184 g/mol. The highest BCUT2D eigenvalue weighted by Crippen LogP contribution is 2.21. The van der Waals surface area contributed by atoms with Gasteiger partial charge in [0.25, 0.3) is 0 Å². The van der Waals surface area contributed by atoms with Crippen LogP contribution in [0.1, 0.15) is 31.0 Å². The molecule has 0 saturated carbocycles. The molecule has 1 aromatic carbocycles. The molecule has 1 aliphatic heterocycles. The summed E-state index contributed by atoms with van der Waals surface area (Å²) in [5.74, 6) is 0. The minimum absolute atomic E-state index is 0.484. The predicted octanol–water partition coefficient (Wildman–Crippen LogP) is 1.87. The van der Waals surface area contributed by atoms with Crippen molar-refractivity contribution in [3.05, 3.63) is 35.4 Å². The zero-order chi connectivity index (χ0) is 10.7. The molecule has 0 fully saturated rings. The van der Waals surface area contributed by atoms with Crippen molar-refractivity contribution in [1.82, 2.24) is 10.6 Å². The van der Waals surface area contributed by atoms with Crippen LogP contribution in [0, 0.1) is 0 Å². The fourth-order valence-electron chi connectivity index (χ4n) is 2.13. The third-order valence-electron chi connectivity index (χ3n) is 2.95. The maximum atomic E-state index is 3.57. The lowest BCUT2D eigenvalue weighted by atomic mass is 9.94. The molecule has 1 heterocycles. The van der Waals surface area contributed by atoms with Gasteiger partial charge in [-0.05, 0) is 24.1 Å². The van der Waals surface area contributed by atoms with E-state index in [2.05, 4.69) is 48.7 Å². The Kier molecular flexibility index (Phi) is 3.39. The SMILES string of the molecule is CC(C)NC[C@H]1NCCc2ccccc21. The number of rotatable bonds is 3. The van der Waals surface area contributed by atoms with Gasteiger partial charge in [-0.15, -0.1) is 0 Å². The Balaban J connectivity index is 2.08. The zero-order valence-electron chi connectivity index (χ0n) is 9.59. The van der Waals surface area contributed by atoms with Crippen LogP contribution in [0.15, 0.2) is 24.3 Å². The van der Waals surface area contributed by atoms with E-state index in [1.807, 2.05) is 0 Å². The fourth-order valence-corrected chi connectivity index (χ4v) is 2.13. The van der Waals surface area contributed by atoms with Crippen LogP contribution in [0.25, 0.3) is 0 Å². The van der Waals surface area contributed by atoms with Gasteiger partial charge in [0, 0.05) is 18.6 Å². The molecule has 1 aromatic rings. The third kappa shape index (κ3) is 2.58. The second kappa shape index (κ2) is 4.77. The molecule has 0 spiro atoms. The Labute approximate surface area is 92.1 Å². The zero-order valence-corrected chi connectivity index (χ0v) is 9.59. The Bertz CT molecular complexity index is 320. The van der Waals surface area contributed by atoms with Gasteiger partial charge < -0.3 is 10.6 Å². The van der Waals surface area contributed by atoms with E-state index in [0.717, 1.165) is 19.5 Å². The Morgan fingerprint density at radius 3 is 3.00 bits per heavy atom. The van der Waals surface area contributed by atoms with E-state index in [-0.39, 0.29) is 0 Å². The molecular formula is C13H20N2. The van der Waals surface area contributed by atoms with Crippen molar-refractivity contribution < 1.29 is 0 Å². The van der Waals surface area contributed by atoms with E-state index < -0.39 is 0 Å². The minimum atomic E-state index is 0.484. The monoisotopic (exact) mass is 204 g/mol. The maximum absolute atomic E-state index is 3.57. The molecule has 2 rings (SSSR count). The van der Waals surface area contributed by atoms with Crippen LogP contribution in [0.4, 0.5) is 0 Å². The van der Waals surface area contributed by atoms with Gasteiger partial charge >= 0.3 is 0 Å². The summed E-state index contributed by atoms with van der Waals surface area (Å²) in [5.41, 5.74) is 2.98. The van der Waals surface area contributed by atoms with Crippen molar-refractivity contribution in [3.63, 3.8) is 0 Å². The summed E-state index contributed by atoms with van der Waals surface area (Å²) in [7, 11) is 0. The molecule has 2 nitrogen and oxygen atoms in total. The second-order valence-corrected chi connectivity index (χ2v) is 4.52. The van der Waals surface area contributed by atoms with Gasteiger partial charge in [0.05, 0.1) is 0 Å². The van der Waals surface area contributed by atoms with E-state index in [1.54, 1.807) is 0 Å². The van der Waals surface area contributed by atoms with Crippen LogP contribution in [-0.2, 0) is 6.42 Å². The van der Waals surface area contributed by atoms with Gasteiger partial charge in [-0.2, -0.15) is 0 Å². The first-order valence-corrected chi connectivity index (χ1v) is 5.82. The normalized spacial score (nSPS) is 20.3. The van der Waals surface area contributed by atoms with Crippen LogP contribution in [0.5, 0.6) is 0 Å². The number of benzene rings is 1. The van der Waals surface area contributed by atoms with Crippen LogP contribution in [-0.4, -0.2) is 19.1 Å². The molecule has 1 aliphatic rings. The van der Waals surface area contributed by atoms with Crippen molar-refractivity contribution >= 4 is 0 Å². The second-order valence-electron chi connectivity index (χ2n) is 4.52. The summed E-state index contributed by atoms with van der Waals surface area (Å²) in [4.78, 5) is 0. The number of hydrogen-bond donors (Lipinski definition) is 2. The molecule has 2 heteroatoms. The molecule has 0 radical (unpaired) electrons. The largest absolute Gasteiger partial charge is 0.313 e. The number of nitrogens with one attached hydrogen (secondary N) is 2. The first-order chi connectivity index (χ1) is 7.27. The van der Waals surface area contributed by atoms with Crippen molar-refractivity contribution in [2.75, 3.05) is 13.1 Å². The van der Waals surface area contributed by atoms with Crippen LogP contribution in [0.3, 0.4) is 0 Å². The Hall–Kier alpha value is -0.860. The van der Waals surface area contributed by atoms with E-state index in [4.69, 9.17) is 0 Å². The van der Waals surface area contributed by atoms with Gasteiger partial charge in [0.1, 0.15) is 0 Å². The first-order valence-electron chi connectivity index (χ1n) is 5.82. The highest BCUT2D eigenvalue weighted by Gasteiger charge is 2.18. The van der Waals surface area contributed by atoms with Gasteiger partial charge in [-0.3, -0.25) is 0 Å². The van der Waals surface area contributed by atoms with Crippen molar-refractivity contribution in [3.8, 4) is 0 Å². The van der Waals surface area contributed by atoms with Crippen LogP contribution >= 0.6 is 0 Å². The number of fused-ring (bicyclic) bond motifs is 1. The summed E-state index contributed by atoms with van der Waals surface area (Å²) in [6, 6.07) is 9.80. The van der Waals surface area contributed by atoms with E-state index in [1.165, 1.54) is 11.1 Å². The Morgan fingerprint density at radius 2 is 2.20 bits per heavy atom. The molecule has 0 aromatic heterocycles. The van der Waals surface area contributed by atoms with E-state index in [9.17, 15) is 0 Å². The van der Waals surface area contributed by atoms with Crippen molar-refractivity contribution in [2.24, 2.45) is 0 Å². The van der Waals surface area contributed by atoms with Gasteiger partial charge in [0.15, 0.2) is 0 Å². The molecule has 0 amide bonds. The standard InChI is InChI=1S/C13H20N2/c1-10(2)15-9-13-12-6-4-3-5-11(12)7-8-14-13/h3-6,10,13-15H,7-9H2,1-2H3/t13-/m1/s1. The van der Waals surface area contributed by atoms with Crippen LogP contribution < -0.4 is 10.6 Å². The lowest BCUT2D eigenvalue weighted by Gasteiger charge is -2.27. The third-order valence-corrected chi connectivity index (χ3v) is 2.95. The molecule has 0 bridgehead atoms. The lowest BCUT2D eigenvalue weighted by Crippen LogP contribution is -2.38. The molecule has 2 N–H and O–H groups in total. The highest BCUT2D eigenvalue weighted by atomic mass is 15.0. The maximum Gasteiger partial charge on any atom is 0.0449 e. The van der Waals surface area contributed by atoms with Gasteiger partial charge in [-0.1, -0.05) is 38.1 Å². The predicted molar refractivity (Wildman–Crippen MR) is 64.0 cm³/mol. The molecule has 1 atom stereocenters. The molecule has 0 aliphatic carbocycles. The summed E-state index contributed by atoms with van der Waals surface area (Å²) < 4.78 is 0. The summed E-state index contributed by atoms with van der Waals surface area (Å²) in [6.45, 7) is 6.50. The molecule has 0 unspecified atom stereocenters. The quantitative estimate of drug-likeness (QED) is 0.785. The minimum Gasteiger partial charge on any atom is -0.313 e. The highest BCUT2D eigenvalue weighted by molar-refractivity contribution is 5.32. The van der Waals surface area contributed by atoms with Crippen molar-refractivity contribution in [1.29, 1.82) is 0 Å². The lowest BCUT2D eigenvalue weighted by molar-refractivity contribution is 0.447.